The minimum absolute atomic E-state index is 0.0240. The van der Waals surface area contributed by atoms with Crippen LogP contribution >= 0.6 is 0 Å². The predicted molar refractivity (Wildman–Crippen MR) is 104 cm³/mol. The maximum Gasteiger partial charge on any atom is 0.255 e. The van der Waals surface area contributed by atoms with Crippen molar-refractivity contribution in [1.82, 2.24) is 14.7 Å². The SMILES string of the molecule is Cc1cc(C)n2ccc(C(=O)N[C@H]3CC[C@H](OCC(C)(C)C)CC3)c2n1. The fraction of sp³-hybridized carbons (Fsp3) is 0.619. The Hall–Kier alpha value is -1.88. The first-order chi connectivity index (χ1) is 12.2. The second kappa shape index (κ2) is 7.39. The lowest BCUT2D eigenvalue weighted by Crippen LogP contribution is -2.39. The number of fused-ring (bicyclic) bond motifs is 1. The zero-order valence-corrected chi connectivity index (χ0v) is 16.6. The van der Waals surface area contributed by atoms with Crippen LogP contribution in [0.3, 0.4) is 0 Å². The molecule has 5 nitrogen and oxygen atoms in total. The van der Waals surface area contributed by atoms with Gasteiger partial charge in [0.1, 0.15) is 5.65 Å². The van der Waals surface area contributed by atoms with Gasteiger partial charge in [-0.25, -0.2) is 4.98 Å². The standard InChI is InChI=1S/C21H31N3O2/c1-14-12-15(2)24-11-10-18(19(24)22-14)20(25)23-16-6-8-17(9-7-16)26-13-21(3,4)5/h10-12,16-17H,6-9,13H2,1-5H3,(H,23,25)/t16-,17-. The molecule has 0 aliphatic heterocycles. The number of ether oxygens (including phenoxy) is 1. The van der Waals surface area contributed by atoms with Crippen molar-refractivity contribution in [3.05, 3.63) is 35.3 Å². The van der Waals surface area contributed by atoms with Crippen LogP contribution in [0.4, 0.5) is 0 Å². The van der Waals surface area contributed by atoms with Crippen molar-refractivity contribution in [2.24, 2.45) is 5.41 Å². The Bertz CT molecular complexity index is 780. The molecule has 0 radical (unpaired) electrons. The van der Waals surface area contributed by atoms with Gasteiger partial charge in [0, 0.05) is 23.6 Å². The number of hydrogen-bond acceptors (Lipinski definition) is 3. The minimum Gasteiger partial charge on any atom is -0.378 e. The summed E-state index contributed by atoms with van der Waals surface area (Å²) in [4.78, 5) is 17.3. The molecule has 0 unspecified atom stereocenters. The third kappa shape index (κ3) is 4.44. The summed E-state index contributed by atoms with van der Waals surface area (Å²) in [5.41, 5.74) is 3.61. The van der Waals surface area contributed by atoms with Crippen molar-refractivity contribution in [3.63, 3.8) is 0 Å². The van der Waals surface area contributed by atoms with Crippen LogP contribution in [0.5, 0.6) is 0 Å². The lowest BCUT2D eigenvalue weighted by Gasteiger charge is -2.31. The van der Waals surface area contributed by atoms with Crippen molar-refractivity contribution in [3.8, 4) is 0 Å². The number of hydrogen-bond donors (Lipinski definition) is 1. The highest BCUT2D eigenvalue weighted by Gasteiger charge is 2.25. The van der Waals surface area contributed by atoms with Crippen LogP contribution in [0.15, 0.2) is 18.3 Å². The van der Waals surface area contributed by atoms with Gasteiger partial charge in [0.15, 0.2) is 0 Å². The normalized spacial score (nSPS) is 21.1. The molecule has 0 aromatic carbocycles. The zero-order chi connectivity index (χ0) is 18.9. The third-order valence-corrected chi connectivity index (χ3v) is 4.95. The number of rotatable bonds is 4. The van der Waals surface area contributed by atoms with Gasteiger partial charge in [-0.2, -0.15) is 0 Å². The summed E-state index contributed by atoms with van der Waals surface area (Å²) in [6.07, 6.45) is 6.20. The molecule has 2 aromatic heterocycles. The van der Waals surface area contributed by atoms with E-state index in [1.807, 2.05) is 36.6 Å². The molecule has 1 saturated carbocycles. The smallest absolute Gasteiger partial charge is 0.255 e. The number of aryl methyl sites for hydroxylation is 2. The van der Waals surface area contributed by atoms with Gasteiger partial charge in [-0.3, -0.25) is 4.79 Å². The van der Waals surface area contributed by atoms with Crippen LogP contribution in [0, 0.1) is 19.3 Å². The second-order valence-electron chi connectivity index (χ2n) is 8.78. The van der Waals surface area contributed by atoms with Gasteiger partial charge in [0.2, 0.25) is 0 Å². The molecule has 1 aliphatic carbocycles. The molecule has 3 rings (SSSR count). The molecular formula is C21H31N3O2. The molecular weight excluding hydrogens is 326 g/mol. The van der Waals surface area contributed by atoms with E-state index in [4.69, 9.17) is 4.74 Å². The predicted octanol–water partition coefficient (Wildman–Crippen LogP) is 4.05. The van der Waals surface area contributed by atoms with Gasteiger partial charge in [0.05, 0.1) is 18.3 Å². The third-order valence-electron chi connectivity index (χ3n) is 4.95. The summed E-state index contributed by atoms with van der Waals surface area (Å²) in [6.45, 7) is 11.4. The maximum atomic E-state index is 12.8. The van der Waals surface area contributed by atoms with Gasteiger partial charge in [-0.15, -0.1) is 0 Å². The first kappa shape index (κ1) is 18.9. The van der Waals surface area contributed by atoms with E-state index in [1.165, 1.54) is 0 Å². The maximum absolute atomic E-state index is 12.8. The molecule has 2 aromatic rings. The first-order valence-corrected chi connectivity index (χ1v) is 9.61. The van der Waals surface area contributed by atoms with E-state index in [1.54, 1.807) is 0 Å². The minimum atomic E-state index is -0.0240. The van der Waals surface area contributed by atoms with Crippen LogP contribution in [0.1, 0.15) is 68.2 Å². The van der Waals surface area contributed by atoms with Crippen LogP contribution in [-0.2, 0) is 4.74 Å². The average molecular weight is 357 g/mol. The fourth-order valence-corrected chi connectivity index (χ4v) is 3.58. The molecule has 1 N–H and O–H groups in total. The van der Waals surface area contributed by atoms with E-state index in [-0.39, 0.29) is 17.4 Å². The quantitative estimate of drug-likeness (QED) is 0.898. The lowest BCUT2D eigenvalue weighted by molar-refractivity contribution is -0.0134. The number of carbonyl (C=O) groups is 1. The Morgan fingerprint density at radius 2 is 1.96 bits per heavy atom. The highest BCUT2D eigenvalue weighted by Crippen LogP contribution is 2.24. The van der Waals surface area contributed by atoms with E-state index in [0.717, 1.165) is 49.3 Å². The van der Waals surface area contributed by atoms with Crippen molar-refractivity contribution < 1.29 is 9.53 Å². The molecule has 1 amide bonds. The summed E-state index contributed by atoms with van der Waals surface area (Å²) < 4.78 is 8.00. The molecule has 5 heteroatoms. The van der Waals surface area contributed by atoms with Crippen LogP contribution < -0.4 is 5.32 Å². The molecule has 26 heavy (non-hydrogen) atoms. The number of amides is 1. The molecule has 0 spiro atoms. The summed E-state index contributed by atoms with van der Waals surface area (Å²) in [5.74, 6) is -0.0240. The molecule has 1 fully saturated rings. The highest BCUT2D eigenvalue weighted by molar-refractivity contribution is 6.00. The van der Waals surface area contributed by atoms with Gasteiger partial charge in [-0.1, -0.05) is 20.8 Å². The van der Waals surface area contributed by atoms with E-state index in [2.05, 4.69) is 31.1 Å². The van der Waals surface area contributed by atoms with E-state index in [9.17, 15) is 4.79 Å². The van der Waals surface area contributed by atoms with Gasteiger partial charge in [0.25, 0.3) is 5.91 Å². The Morgan fingerprint density at radius 3 is 2.62 bits per heavy atom. The Labute approximate surface area is 156 Å². The molecule has 2 heterocycles. The van der Waals surface area contributed by atoms with Crippen molar-refractivity contribution >= 4 is 11.6 Å². The molecule has 0 atom stereocenters. The monoisotopic (exact) mass is 357 g/mol. The largest absolute Gasteiger partial charge is 0.378 e. The summed E-state index contributed by atoms with van der Waals surface area (Å²) in [5, 5.41) is 3.20. The van der Waals surface area contributed by atoms with Gasteiger partial charge < -0.3 is 14.5 Å². The van der Waals surface area contributed by atoms with Crippen LogP contribution in [-0.4, -0.2) is 34.0 Å². The Morgan fingerprint density at radius 1 is 1.27 bits per heavy atom. The zero-order valence-electron chi connectivity index (χ0n) is 16.6. The van der Waals surface area contributed by atoms with Crippen molar-refractivity contribution in [2.45, 2.75) is 72.4 Å². The molecule has 0 saturated heterocycles. The van der Waals surface area contributed by atoms with E-state index in [0.29, 0.717) is 11.7 Å². The van der Waals surface area contributed by atoms with E-state index >= 15 is 0 Å². The number of nitrogens with zero attached hydrogens (tertiary/aromatic N) is 2. The fourth-order valence-electron chi connectivity index (χ4n) is 3.58. The summed E-state index contributed by atoms with van der Waals surface area (Å²) >= 11 is 0. The molecule has 142 valence electrons. The van der Waals surface area contributed by atoms with Crippen molar-refractivity contribution in [1.29, 1.82) is 0 Å². The molecule has 1 aliphatic rings. The van der Waals surface area contributed by atoms with Gasteiger partial charge >= 0.3 is 0 Å². The highest BCUT2D eigenvalue weighted by atomic mass is 16.5. The van der Waals surface area contributed by atoms with Crippen LogP contribution in [0.2, 0.25) is 0 Å². The summed E-state index contributed by atoms with van der Waals surface area (Å²) in [6, 6.07) is 4.10. The first-order valence-electron chi connectivity index (χ1n) is 9.61. The second-order valence-corrected chi connectivity index (χ2v) is 8.78. The summed E-state index contributed by atoms with van der Waals surface area (Å²) in [7, 11) is 0. The lowest BCUT2D eigenvalue weighted by atomic mass is 9.92. The van der Waals surface area contributed by atoms with Gasteiger partial charge in [-0.05, 0) is 57.1 Å². The average Bonchev–Trinajstić information content (AvgIpc) is 2.97. The van der Waals surface area contributed by atoms with Crippen LogP contribution in [0.25, 0.3) is 5.65 Å². The Kier molecular flexibility index (Phi) is 5.37. The number of aromatic nitrogens is 2. The number of carbonyl (C=O) groups excluding carboxylic acids is 1. The Balaban J connectivity index is 1.58. The topological polar surface area (TPSA) is 55.6 Å². The molecule has 0 bridgehead atoms. The van der Waals surface area contributed by atoms with E-state index < -0.39 is 0 Å². The van der Waals surface area contributed by atoms with Crippen molar-refractivity contribution in [2.75, 3.05) is 6.61 Å². The number of nitrogens with one attached hydrogen (secondary N) is 1.